The molecule has 5 rings (SSSR count). The topological polar surface area (TPSA) is 188 Å². The number of carbonyl (C=O) groups is 2. The number of nitrogens with zero attached hydrogens (tertiary/aromatic N) is 6. The van der Waals surface area contributed by atoms with Crippen LogP contribution in [-0.2, 0) is 11.3 Å². The van der Waals surface area contributed by atoms with Crippen LogP contribution in [0.5, 0.6) is 5.75 Å². The van der Waals surface area contributed by atoms with Gasteiger partial charge in [0, 0.05) is 30.0 Å². The number of hydrogen-bond donors (Lipinski definition) is 3. The monoisotopic (exact) mass is 568 g/mol. The van der Waals surface area contributed by atoms with Crippen molar-refractivity contribution in [1.29, 1.82) is 0 Å². The molecule has 1 fully saturated rings. The van der Waals surface area contributed by atoms with E-state index in [1.807, 2.05) is 6.92 Å². The highest BCUT2D eigenvalue weighted by atomic mass is 19.4. The van der Waals surface area contributed by atoms with E-state index in [1.165, 1.54) is 30.0 Å². The number of halogens is 4. The second-order valence-electron chi connectivity index (χ2n) is 8.89. The summed E-state index contributed by atoms with van der Waals surface area (Å²) in [5, 5.41) is 12.1. The number of nitrogens with two attached hydrogens (primary N) is 2. The lowest BCUT2D eigenvalue weighted by atomic mass is 9.92. The average Bonchev–Trinajstić information content (AvgIpc) is 3.57. The minimum Gasteiger partial charge on any atom is -0.494 e. The molecular formula is C23H24F4N8O5. The van der Waals surface area contributed by atoms with Crippen molar-refractivity contribution in [2.75, 3.05) is 19.4 Å². The SMILES string of the molecule is COc1cc2nc(N)n3nc([C@@H]4CC[C@H](C)N(C(=O)c5coc(CN)n5)C4)nc3c2cc1F.O=C(O)C(F)(F)F. The molecule has 0 unspecified atom stereocenters. The molecule has 4 heterocycles. The van der Waals surface area contributed by atoms with Gasteiger partial charge in [0.1, 0.15) is 6.26 Å². The van der Waals surface area contributed by atoms with E-state index in [2.05, 4.69) is 20.1 Å². The molecule has 0 bridgehead atoms. The quantitative estimate of drug-likeness (QED) is 0.307. The molecule has 3 aromatic heterocycles. The van der Waals surface area contributed by atoms with Crippen molar-refractivity contribution in [2.45, 2.75) is 44.4 Å². The summed E-state index contributed by atoms with van der Waals surface area (Å²) in [4.78, 5) is 36.8. The van der Waals surface area contributed by atoms with E-state index in [-0.39, 0.29) is 41.8 Å². The van der Waals surface area contributed by atoms with Crippen LogP contribution in [0, 0.1) is 5.82 Å². The summed E-state index contributed by atoms with van der Waals surface area (Å²) in [5.74, 6) is -2.65. The summed E-state index contributed by atoms with van der Waals surface area (Å²) >= 11 is 0. The predicted octanol–water partition coefficient (Wildman–Crippen LogP) is 2.50. The van der Waals surface area contributed by atoms with Gasteiger partial charge in [0.15, 0.2) is 28.7 Å². The Bertz CT molecular complexity index is 1570. The fraction of sp³-hybridized carbons (Fsp3) is 0.391. The summed E-state index contributed by atoms with van der Waals surface area (Å²) in [5.41, 5.74) is 12.7. The zero-order valence-electron chi connectivity index (χ0n) is 21.1. The number of alkyl halides is 3. The molecule has 0 aliphatic carbocycles. The summed E-state index contributed by atoms with van der Waals surface area (Å²) in [6.45, 7) is 2.50. The van der Waals surface area contributed by atoms with Gasteiger partial charge in [-0.05, 0) is 25.8 Å². The second kappa shape index (κ2) is 10.9. The van der Waals surface area contributed by atoms with Gasteiger partial charge in [-0.15, -0.1) is 5.10 Å². The number of piperidine rings is 1. The molecule has 214 valence electrons. The van der Waals surface area contributed by atoms with E-state index in [0.717, 1.165) is 12.8 Å². The number of nitrogen functional groups attached to an aromatic ring is 1. The van der Waals surface area contributed by atoms with Crippen LogP contribution in [0.1, 0.15) is 47.9 Å². The number of benzene rings is 1. The third-order valence-electron chi connectivity index (χ3n) is 6.28. The van der Waals surface area contributed by atoms with E-state index < -0.39 is 18.0 Å². The van der Waals surface area contributed by atoms with Gasteiger partial charge < -0.3 is 30.6 Å². The Hall–Kier alpha value is -4.54. The Kier molecular flexibility index (Phi) is 7.77. The molecule has 1 saturated heterocycles. The number of oxazole rings is 1. The number of aromatic nitrogens is 5. The first kappa shape index (κ1) is 28.5. The third-order valence-corrected chi connectivity index (χ3v) is 6.28. The van der Waals surface area contributed by atoms with Gasteiger partial charge in [-0.25, -0.2) is 24.1 Å². The maximum atomic E-state index is 14.4. The van der Waals surface area contributed by atoms with Crippen LogP contribution in [0.25, 0.3) is 16.6 Å². The van der Waals surface area contributed by atoms with Crippen molar-refractivity contribution >= 4 is 34.4 Å². The molecule has 17 heteroatoms. The van der Waals surface area contributed by atoms with Crippen molar-refractivity contribution in [3.8, 4) is 5.75 Å². The van der Waals surface area contributed by atoms with Crippen LogP contribution in [0.15, 0.2) is 22.8 Å². The maximum absolute atomic E-state index is 14.4. The Morgan fingerprint density at radius 1 is 1.23 bits per heavy atom. The van der Waals surface area contributed by atoms with Gasteiger partial charge in [-0.1, -0.05) is 0 Å². The smallest absolute Gasteiger partial charge is 0.490 e. The minimum absolute atomic E-state index is 0.0120. The fourth-order valence-corrected chi connectivity index (χ4v) is 4.23. The van der Waals surface area contributed by atoms with Gasteiger partial charge in [0.25, 0.3) is 5.91 Å². The Balaban J connectivity index is 0.000000470. The standard InChI is InChI=1S/C21H23FN8O3.C2HF3O2/c1-10-3-4-11(8-29(10)20(31)15-9-33-17(7-23)25-15)18-27-19-12-5-13(22)16(32-2)6-14(12)26-21(24)30(19)28-18;3-2(4,5)1(6)7/h5-6,9-11H,3-4,7-8,23H2,1-2H3,(H2,24,26);(H,6,7)/t10-,11+;/m0./s1. The Morgan fingerprint density at radius 3 is 2.52 bits per heavy atom. The van der Waals surface area contributed by atoms with Gasteiger partial charge in [0.2, 0.25) is 11.8 Å². The van der Waals surface area contributed by atoms with Crippen LogP contribution in [0.3, 0.4) is 0 Å². The predicted molar refractivity (Wildman–Crippen MR) is 130 cm³/mol. The number of methoxy groups -OCH3 is 1. The Labute approximate surface area is 222 Å². The van der Waals surface area contributed by atoms with E-state index in [1.54, 1.807) is 4.90 Å². The van der Waals surface area contributed by atoms with Crippen LogP contribution in [0.4, 0.5) is 23.5 Å². The molecule has 40 heavy (non-hydrogen) atoms. The van der Waals surface area contributed by atoms with Crippen molar-refractivity contribution in [2.24, 2.45) is 5.73 Å². The third kappa shape index (κ3) is 5.58. The molecule has 1 aliphatic rings. The largest absolute Gasteiger partial charge is 0.494 e. The average molecular weight is 568 g/mol. The van der Waals surface area contributed by atoms with Gasteiger partial charge in [-0.3, -0.25) is 4.79 Å². The zero-order valence-corrected chi connectivity index (χ0v) is 21.1. The number of ether oxygens (including phenoxy) is 1. The molecular weight excluding hydrogens is 544 g/mol. The molecule has 0 saturated carbocycles. The van der Waals surface area contributed by atoms with Crippen LogP contribution in [0.2, 0.25) is 0 Å². The van der Waals surface area contributed by atoms with Gasteiger partial charge in [-0.2, -0.15) is 17.7 Å². The number of carboxylic acid groups (broad SMARTS) is 1. The first-order valence-corrected chi connectivity index (χ1v) is 11.8. The van der Waals surface area contributed by atoms with Crippen molar-refractivity contribution in [1.82, 2.24) is 29.5 Å². The molecule has 2 atom stereocenters. The number of amides is 1. The summed E-state index contributed by atoms with van der Waals surface area (Å²) in [6.07, 6.45) is -2.22. The molecule has 4 aromatic rings. The van der Waals surface area contributed by atoms with Gasteiger partial charge >= 0.3 is 12.1 Å². The van der Waals surface area contributed by atoms with Crippen molar-refractivity contribution < 1.29 is 41.4 Å². The molecule has 13 nitrogen and oxygen atoms in total. The van der Waals surface area contributed by atoms with E-state index >= 15 is 0 Å². The van der Waals surface area contributed by atoms with E-state index in [0.29, 0.717) is 34.8 Å². The molecule has 1 aromatic carbocycles. The Morgan fingerprint density at radius 2 is 1.93 bits per heavy atom. The fourth-order valence-electron chi connectivity index (χ4n) is 4.23. The number of anilines is 1. The van der Waals surface area contributed by atoms with E-state index in [9.17, 15) is 22.4 Å². The minimum atomic E-state index is -5.08. The number of hydrogen-bond acceptors (Lipinski definition) is 10. The molecule has 5 N–H and O–H groups in total. The summed E-state index contributed by atoms with van der Waals surface area (Å²) in [7, 11) is 1.38. The van der Waals surface area contributed by atoms with Crippen LogP contribution < -0.4 is 16.2 Å². The highest BCUT2D eigenvalue weighted by molar-refractivity contribution is 5.93. The lowest BCUT2D eigenvalue weighted by Gasteiger charge is -2.36. The lowest BCUT2D eigenvalue weighted by Crippen LogP contribution is -2.45. The highest BCUT2D eigenvalue weighted by Crippen LogP contribution is 2.32. The van der Waals surface area contributed by atoms with E-state index in [4.69, 9.17) is 30.5 Å². The molecule has 1 aliphatic heterocycles. The summed E-state index contributed by atoms with van der Waals surface area (Å²) in [6, 6.07) is 2.80. The second-order valence-corrected chi connectivity index (χ2v) is 8.89. The number of likely N-dealkylation sites (tertiary alicyclic amines) is 1. The number of carbonyl (C=O) groups excluding carboxylic acids is 1. The van der Waals surface area contributed by atoms with Crippen LogP contribution >= 0.6 is 0 Å². The number of aliphatic carboxylic acids is 1. The lowest BCUT2D eigenvalue weighted by molar-refractivity contribution is -0.192. The molecule has 0 spiro atoms. The molecule has 1 amide bonds. The number of fused-ring (bicyclic) bond motifs is 3. The van der Waals surface area contributed by atoms with Crippen molar-refractivity contribution in [3.63, 3.8) is 0 Å². The molecule has 0 radical (unpaired) electrons. The first-order valence-electron chi connectivity index (χ1n) is 11.8. The van der Waals surface area contributed by atoms with Gasteiger partial charge in [0.05, 0.1) is 19.2 Å². The normalized spacial score (nSPS) is 17.5. The van der Waals surface area contributed by atoms with Crippen LogP contribution in [-0.4, -0.2) is 72.3 Å². The number of carboxylic acids is 1. The number of rotatable bonds is 4. The summed E-state index contributed by atoms with van der Waals surface area (Å²) < 4.78 is 57.8. The maximum Gasteiger partial charge on any atom is 0.490 e. The first-order chi connectivity index (χ1) is 18.8. The van der Waals surface area contributed by atoms with Crippen molar-refractivity contribution in [3.05, 3.63) is 41.6 Å². The zero-order chi connectivity index (χ0) is 29.4. The highest BCUT2D eigenvalue weighted by Gasteiger charge is 2.38.